The minimum Gasteiger partial charge on any atom is -0.383 e. The van der Waals surface area contributed by atoms with E-state index in [9.17, 15) is 4.79 Å². The highest BCUT2D eigenvalue weighted by Gasteiger charge is 2.18. The van der Waals surface area contributed by atoms with Crippen molar-refractivity contribution >= 4 is 11.7 Å². The van der Waals surface area contributed by atoms with Crippen LogP contribution in [0.25, 0.3) is 22.3 Å². The number of hydrogen-bond donors (Lipinski definition) is 3. The summed E-state index contributed by atoms with van der Waals surface area (Å²) in [6, 6.07) is 16.9. The highest BCUT2D eigenvalue weighted by molar-refractivity contribution is 5.97. The molecular weight excluding hydrogens is 372 g/mol. The number of benzene rings is 2. The van der Waals surface area contributed by atoms with Gasteiger partial charge < -0.3 is 16.4 Å². The largest absolute Gasteiger partial charge is 0.383 e. The molecule has 2 aliphatic rings. The van der Waals surface area contributed by atoms with E-state index in [0.29, 0.717) is 18.3 Å². The molecule has 30 heavy (non-hydrogen) atoms. The number of amides is 1. The summed E-state index contributed by atoms with van der Waals surface area (Å²) in [4.78, 5) is 16.5. The van der Waals surface area contributed by atoms with Crippen molar-refractivity contribution in [1.29, 1.82) is 0 Å². The fourth-order valence-electron chi connectivity index (χ4n) is 4.54. The second-order valence-corrected chi connectivity index (χ2v) is 8.20. The van der Waals surface area contributed by atoms with E-state index in [4.69, 9.17) is 5.73 Å². The number of piperidine rings is 1. The molecule has 5 heteroatoms. The van der Waals surface area contributed by atoms with Crippen molar-refractivity contribution in [3.8, 4) is 22.3 Å². The molecule has 0 bridgehead atoms. The highest BCUT2D eigenvalue weighted by Crippen LogP contribution is 2.32. The van der Waals surface area contributed by atoms with Crippen LogP contribution >= 0.6 is 0 Å². The molecule has 1 unspecified atom stereocenters. The summed E-state index contributed by atoms with van der Waals surface area (Å²) in [6.07, 6.45) is 5.15. The number of hydrogen-bond acceptors (Lipinski definition) is 4. The molecule has 2 aromatic carbocycles. The van der Waals surface area contributed by atoms with Crippen molar-refractivity contribution in [1.82, 2.24) is 15.6 Å². The number of pyridine rings is 1. The predicted octanol–water partition coefficient (Wildman–Crippen LogP) is 3.75. The van der Waals surface area contributed by atoms with E-state index in [0.717, 1.165) is 52.9 Å². The van der Waals surface area contributed by atoms with E-state index in [2.05, 4.69) is 52.0 Å². The number of rotatable bonds is 3. The van der Waals surface area contributed by atoms with Gasteiger partial charge in [-0.2, -0.15) is 0 Å². The van der Waals surface area contributed by atoms with Gasteiger partial charge >= 0.3 is 0 Å². The zero-order chi connectivity index (χ0) is 20.5. The number of carbonyl (C=O) groups is 1. The van der Waals surface area contributed by atoms with Gasteiger partial charge in [0.25, 0.3) is 5.91 Å². The van der Waals surface area contributed by atoms with E-state index in [1.807, 2.05) is 18.3 Å². The van der Waals surface area contributed by atoms with Gasteiger partial charge in [0.2, 0.25) is 0 Å². The molecule has 0 spiro atoms. The van der Waals surface area contributed by atoms with Gasteiger partial charge in [0.1, 0.15) is 5.82 Å². The number of nitrogens with two attached hydrogens (primary N) is 1. The second-order valence-electron chi connectivity index (χ2n) is 8.20. The summed E-state index contributed by atoms with van der Waals surface area (Å²) in [7, 11) is 0. The van der Waals surface area contributed by atoms with Gasteiger partial charge in [-0.05, 0) is 66.1 Å². The third-order valence-electron chi connectivity index (χ3n) is 6.27. The Bertz CT molecular complexity index is 1080. The van der Waals surface area contributed by atoms with Crippen LogP contribution in [0.3, 0.4) is 0 Å². The second kappa shape index (κ2) is 7.92. The molecular formula is C25H26N4O. The number of anilines is 1. The Morgan fingerprint density at radius 1 is 0.933 bits per heavy atom. The quantitative estimate of drug-likeness (QED) is 0.628. The Balaban J connectivity index is 1.46. The van der Waals surface area contributed by atoms with Crippen molar-refractivity contribution in [2.45, 2.75) is 25.2 Å². The first-order valence-corrected chi connectivity index (χ1v) is 10.7. The zero-order valence-corrected chi connectivity index (χ0v) is 16.9. The van der Waals surface area contributed by atoms with Crippen LogP contribution in [0.15, 0.2) is 54.7 Å². The minimum absolute atomic E-state index is 0.00379. The Morgan fingerprint density at radius 3 is 2.57 bits per heavy atom. The Morgan fingerprint density at radius 2 is 1.77 bits per heavy atom. The first-order chi connectivity index (χ1) is 14.7. The Labute approximate surface area is 176 Å². The van der Waals surface area contributed by atoms with E-state index in [1.165, 1.54) is 18.4 Å². The fourth-order valence-corrected chi connectivity index (χ4v) is 4.54. The lowest BCUT2D eigenvalue weighted by molar-refractivity contribution is 0.0946. The molecule has 1 amide bonds. The SMILES string of the molecule is Nc1ncc(-c2ccc(C3CCCNC3)cc2)cc1-c1ccc2c(c1)CCNC2=O. The van der Waals surface area contributed by atoms with Crippen LogP contribution < -0.4 is 16.4 Å². The third kappa shape index (κ3) is 3.57. The number of nitrogen functional groups attached to an aromatic ring is 1. The molecule has 1 aromatic heterocycles. The van der Waals surface area contributed by atoms with Gasteiger partial charge in [0, 0.05) is 36.0 Å². The average molecular weight is 399 g/mol. The van der Waals surface area contributed by atoms with E-state index in [-0.39, 0.29) is 5.91 Å². The summed E-state index contributed by atoms with van der Waals surface area (Å²) in [5.74, 6) is 1.10. The first kappa shape index (κ1) is 18.8. The zero-order valence-electron chi connectivity index (χ0n) is 16.9. The molecule has 3 heterocycles. The van der Waals surface area contributed by atoms with Crippen LogP contribution in [0.2, 0.25) is 0 Å². The molecule has 5 rings (SSSR count). The number of nitrogens with one attached hydrogen (secondary N) is 2. The van der Waals surface area contributed by atoms with E-state index < -0.39 is 0 Å². The molecule has 1 fully saturated rings. The molecule has 0 saturated carbocycles. The maximum atomic E-state index is 12.0. The lowest BCUT2D eigenvalue weighted by atomic mass is 9.90. The lowest BCUT2D eigenvalue weighted by Crippen LogP contribution is -2.31. The molecule has 2 aliphatic heterocycles. The smallest absolute Gasteiger partial charge is 0.251 e. The van der Waals surface area contributed by atoms with Crippen LogP contribution in [0, 0.1) is 0 Å². The highest BCUT2D eigenvalue weighted by atomic mass is 16.1. The van der Waals surface area contributed by atoms with Gasteiger partial charge in [-0.25, -0.2) is 4.98 Å². The summed E-state index contributed by atoms with van der Waals surface area (Å²) < 4.78 is 0. The Hall–Kier alpha value is -3.18. The molecule has 4 N–H and O–H groups in total. The Kier molecular flexibility index (Phi) is 4.97. The molecule has 5 nitrogen and oxygen atoms in total. The van der Waals surface area contributed by atoms with Gasteiger partial charge in [-0.15, -0.1) is 0 Å². The van der Waals surface area contributed by atoms with Crippen LogP contribution in [0.5, 0.6) is 0 Å². The maximum Gasteiger partial charge on any atom is 0.251 e. The topological polar surface area (TPSA) is 80.0 Å². The van der Waals surface area contributed by atoms with E-state index >= 15 is 0 Å². The molecule has 152 valence electrons. The normalized spacial score (nSPS) is 18.5. The standard InChI is InChI=1S/C25H26N4O/c26-24-23(18-7-8-22-19(12-18)9-11-28-25(22)30)13-21(15-29-24)17-5-3-16(4-6-17)20-2-1-10-27-14-20/h3-8,12-13,15,20,27H,1-2,9-11,14H2,(H2,26,29)(H,28,30). The lowest BCUT2D eigenvalue weighted by Gasteiger charge is -2.23. The fraction of sp³-hybridized carbons (Fsp3) is 0.280. The maximum absolute atomic E-state index is 12.0. The summed E-state index contributed by atoms with van der Waals surface area (Å²) >= 11 is 0. The van der Waals surface area contributed by atoms with Gasteiger partial charge in [0.05, 0.1) is 0 Å². The van der Waals surface area contributed by atoms with Crippen molar-refractivity contribution in [3.63, 3.8) is 0 Å². The van der Waals surface area contributed by atoms with Gasteiger partial charge in [-0.3, -0.25) is 4.79 Å². The third-order valence-corrected chi connectivity index (χ3v) is 6.27. The number of fused-ring (bicyclic) bond motifs is 1. The van der Waals surface area contributed by atoms with Crippen LogP contribution in [0.4, 0.5) is 5.82 Å². The van der Waals surface area contributed by atoms with Crippen molar-refractivity contribution < 1.29 is 4.79 Å². The number of aromatic nitrogens is 1. The molecule has 1 saturated heterocycles. The molecule has 0 radical (unpaired) electrons. The van der Waals surface area contributed by atoms with E-state index in [1.54, 1.807) is 0 Å². The summed E-state index contributed by atoms with van der Waals surface area (Å²) in [5.41, 5.74) is 13.5. The monoisotopic (exact) mass is 398 g/mol. The number of nitrogens with zero attached hydrogens (tertiary/aromatic N) is 1. The first-order valence-electron chi connectivity index (χ1n) is 10.7. The molecule has 3 aromatic rings. The van der Waals surface area contributed by atoms with Crippen molar-refractivity contribution in [2.24, 2.45) is 0 Å². The van der Waals surface area contributed by atoms with Crippen LogP contribution in [0.1, 0.15) is 40.2 Å². The average Bonchev–Trinajstić information content (AvgIpc) is 2.80. The number of carbonyl (C=O) groups excluding carboxylic acids is 1. The summed E-state index contributed by atoms with van der Waals surface area (Å²) in [6.45, 7) is 2.86. The molecule has 1 atom stereocenters. The predicted molar refractivity (Wildman–Crippen MR) is 120 cm³/mol. The van der Waals surface area contributed by atoms with Crippen molar-refractivity contribution in [2.75, 3.05) is 25.4 Å². The van der Waals surface area contributed by atoms with Crippen molar-refractivity contribution in [3.05, 3.63) is 71.4 Å². The van der Waals surface area contributed by atoms with Crippen LogP contribution in [-0.4, -0.2) is 30.5 Å². The van der Waals surface area contributed by atoms with Gasteiger partial charge in [0.15, 0.2) is 0 Å². The van der Waals surface area contributed by atoms with Gasteiger partial charge in [-0.1, -0.05) is 36.4 Å². The molecule has 0 aliphatic carbocycles. The minimum atomic E-state index is -0.00379. The van der Waals surface area contributed by atoms with Crippen LogP contribution in [-0.2, 0) is 6.42 Å². The summed E-state index contributed by atoms with van der Waals surface area (Å²) in [5, 5.41) is 6.37.